The van der Waals surface area contributed by atoms with Gasteiger partial charge in [0.1, 0.15) is 6.61 Å². The van der Waals surface area contributed by atoms with Crippen molar-refractivity contribution in [3.05, 3.63) is 71.3 Å². The van der Waals surface area contributed by atoms with Crippen molar-refractivity contribution in [2.75, 3.05) is 6.61 Å². The molecule has 0 N–H and O–H groups in total. The molecule has 0 aromatic heterocycles. The highest BCUT2D eigenvalue weighted by Gasteiger charge is 2.37. The summed E-state index contributed by atoms with van der Waals surface area (Å²) >= 11 is 0. The summed E-state index contributed by atoms with van der Waals surface area (Å²) in [5.41, 5.74) is 1.28. The van der Waals surface area contributed by atoms with Crippen molar-refractivity contribution in [3.63, 3.8) is 0 Å². The number of imide groups is 1. The van der Waals surface area contributed by atoms with Gasteiger partial charge in [0.2, 0.25) is 5.91 Å². The van der Waals surface area contributed by atoms with E-state index in [9.17, 15) is 18.4 Å². The number of carbonyl (C=O) groups excluding carboxylic acids is 2. The molecule has 1 aliphatic rings. The second kappa shape index (κ2) is 6.78. The Hall–Kier alpha value is -2.76. The van der Waals surface area contributed by atoms with Crippen molar-refractivity contribution in [1.29, 1.82) is 0 Å². The van der Waals surface area contributed by atoms with Crippen LogP contribution in [0.15, 0.2) is 48.5 Å². The minimum Gasteiger partial charge on any atom is -0.447 e. The van der Waals surface area contributed by atoms with Gasteiger partial charge in [0, 0.05) is 0 Å². The third kappa shape index (κ3) is 3.42. The van der Waals surface area contributed by atoms with E-state index in [2.05, 4.69) is 0 Å². The SMILES string of the molecule is O=C(Cc1ccc(F)c(F)c1)N1C(=O)OC[C@H]1Cc1ccccc1. The number of rotatable bonds is 4. The number of amides is 2. The van der Waals surface area contributed by atoms with Crippen LogP contribution in [0, 0.1) is 11.6 Å². The van der Waals surface area contributed by atoms with Gasteiger partial charge in [0.15, 0.2) is 11.6 Å². The zero-order valence-corrected chi connectivity index (χ0v) is 12.7. The van der Waals surface area contributed by atoms with Gasteiger partial charge in [0.25, 0.3) is 0 Å². The van der Waals surface area contributed by atoms with Crippen LogP contribution >= 0.6 is 0 Å². The summed E-state index contributed by atoms with van der Waals surface area (Å²) < 4.78 is 31.2. The first-order valence-corrected chi connectivity index (χ1v) is 7.51. The van der Waals surface area contributed by atoms with Crippen molar-refractivity contribution in [2.45, 2.75) is 18.9 Å². The van der Waals surface area contributed by atoms with E-state index in [4.69, 9.17) is 4.74 Å². The second-order valence-corrected chi connectivity index (χ2v) is 5.61. The number of hydrogen-bond acceptors (Lipinski definition) is 3. The third-order valence-corrected chi connectivity index (χ3v) is 3.88. The Morgan fingerprint density at radius 3 is 2.54 bits per heavy atom. The molecule has 0 aliphatic carbocycles. The van der Waals surface area contributed by atoms with E-state index >= 15 is 0 Å². The highest BCUT2D eigenvalue weighted by atomic mass is 19.2. The van der Waals surface area contributed by atoms with Gasteiger partial charge in [-0.05, 0) is 29.7 Å². The average molecular weight is 331 g/mol. The van der Waals surface area contributed by atoms with E-state index in [-0.39, 0.29) is 13.0 Å². The molecule has 0 radical (unpaired) electrons. The molecule has 4 nitrogen and oxygen atoms in total. The Bertz CT molecular complexity index is 764. The van der Waals surface area contributed by atoms with Crippen molar-refractivity contribution < 1.29 is 23.1 Å². The van der Waals surface area contributed by atoms with Crippen LogP contribution < -0.4 is 0 Å². The maximum atomic E-state index is 13.3. The Morgan fingerprint density at radius 2 is 1.83 bits per heavy atom. The lowest BCUT2D eigenvalue weighted by Gasteiger charge is -2.19. The van der Waals surface area contributed by atoms with E-state index in [0.717, 1.165) is 22.6 Å². The van der Waals surface area contributed by atoms with Crippen molar-refractivity contribution >= 4 is 12.0 Å². The number of cyclic esters (lactones) is 1. The predicted octanol–water partition coefficient (Wildman–Crippen LogP) is 3.10. The summed E-state index contributed by atoms with van der Waals surface area (Å²) in [6.45, 7) is 0.122. The molecule has 6 heteroatoms. The molecule has 0 spiro atoms. The molecule has 0 bridgehead atoms. The fourth-order valence-corrected chi connectivity index (χ4v) is 2.71. The third-order valence-electron chi connectivity index (χ3n) is 3.88. The van der Waals surface area contributed by atoms with E-state index in [1.807, 2.05) is 30.3 Å². The minimum absolute atomic E-state index is 0.122. The normalized spacial score (nSPS) is 17.0. The largest absolute Gasteiger partial charge is 0.447 e. The lowest BCUT2D eigenvalue weighted by molar-refractivity contribution is -0.128. The van der Waals surface area contributed by atoms with Crippen LogP contribution in [0.2, 0.25) is 0 Å². The highest BCUT2D eigenvalue weighted by molar-refractivity contribution is 5.94. The zero-order chi connectivity index (χ0) is 17.1. The van der Waals surface area contributed by atoms with Gasteiger partial charge < -0.3 is 4.74 Å². The summed E-state index contributed by atoms with van der Waals surface area (Å²) in [4.78, 5) is 25.4. The van der Waals surface area contributed by atoms with E-state index < -0.39 is 29.7 Å². The molecular weight excluding hydrogens is 316 g/mol. The second-order valence-electron chi connectivity index (χ2n) is 5.61. The standard InChI is InChI=1S/C18H15F2NO3/c19-15-7-6-13(9-16(15)20)10-17(22)21-14(11-24-18(21)23)8-12-4-2-1-3-5-12/h1-7,9,14H,8,10-11H2/t14-/m1/s1. The number of ether oxygens (including phenoxy) is 1. The first-order chi connectivity index (χ1) is 11.5. The summed E-state index contributed by atoms with van der Waals surface area (Å²) in [5, 5.41) is 0. The molecule has 2 amide bonds. The Kier molecular flexibility index (Phi) is 4.55. The van der Waals surface area contributed by atoms with Crippen LogP contribution in [0.3, 0.4) is 0 Å². The Labute approximate surface area is 137 Å². The number of benzene rings is 2. The molecule has 1 atom stereocenters. The van der Waals surface area contributed by atoms with Crippen LogP contribution in [-0.2, 0) is 22.4 Å². The van der Waals surface area contributed by atoms with Crippen molar-refractivity contribution in [2.24, 2.45) is 0 Å². The molecule has 1 heterocycles. The molecule has 1 fully saturated rings. The molecule has 3 rings (SSSR count). The number of carbonyl (C=O) groups is 2. The lowest BCUT2D eigenvalue weighted by Crippen LogP contribution is -2.41. The highest BCUT2D eigenvalue weighted by Crippen LogP contribution is 2.19. The summed E-state index contributed by atoms with van der Waals surface area (Å²) in [7, 11) is 0. The van der Waals surface area contributed by atoms with Crippen molar-refractivity contribution in [1.82, 2.24) is 4.90 Å². The molecule has 124 valence electrons. The number of halogens is 2. The van der Waals surface area contributed by atoms with Gasteiger partial charge >= 0.3 is 6.09 Å². The van der Waals surface area contributed by atoms with Crippen LogP contribution in [0.4, 0.5) is 13.6 Å². The molecule has 24 heavy (non-hydrogen) atoms. The quantitative estimate of drug-likeness (QED) is 0.865. The van der Waals surface area contributed by atoms with Gasteiger partial charge in [-0.15, -0.1) is 0 Å². The van der Waals surface area contributed by atoms with E-state index in [1.165, 1.54) is 6.07 Å². The molecule has 0 saturated carbocycles. The maximum Gasteiger partial charge on any atom is 0.416 e. The molecule has 1 saturated heterocycles. The first-order valence-electron chi connectivity index (χ1n) is 7.51. The molecule has 0 unspecified atom stereocenters. The molecule has 2 aromatic rings. The van der Waals surface area contributed by atoms with Gasteiger partial charge in [-0.3, -0.25) is 4.79 Å². The predicted molar refractivity (Wildman–Crippen MR) is 82.2 cm³/mol. The molecule has 2 aromatic carbocycles. The van der Waals surface area contributed by atoms with Gasteiger partial charge in [0.05, 0.1) is 12.5 Å². The fourth-order valence-electron chi connectivity index (χ4n) is 2.71. The van der Waals surface area contributed by atoms with Gasteiger partial charge in [-0.25, -0.2) is 18.5 Å². The summed E-state index contributed by atoms with van der Waals surface area (Å²) in [6.07, 6.45) is -0.420. The summed E-state index contributed by atoms with van der Waals surface area (Å²) in [5.74, 6) is -2.50. The van der Waals surface area contributed by atoms with Crippen LogP contribution in [0.1, 0.15) is 11.1 Å². The van der Waals surface area contributed by atoms with Crippen molar-refractivity contribution in [3.8, 4) is 0 Å². The average Bonchev–Trinajstić information content (AvgIpc) is 2.92. The van der Waals surface area contributed by atoms with Gasteiger partial charge in [-0.1, -0.05) is 36.4 Å². The monoisotopic (exact) mass is 331 g/mol. The van der Waals surface area contributed by atoms with Crippen LogP contribution in [0.5, 0.6) is 0 Å². The number of hydrogen-bond donors (Lipinski definition) is 0. The minimum atomic E-state index is -1.02. The molecular formula is C18H15F2NO3. The van der Waals surface area contributed by atoms with E-state index in [0.29, 0.717) is 12.0 Å². The maximum absolute atomic E-state index is 13.3. The zero-order valence-electron chi connectivity index (χ0n) is 12.7. The topological polar surface area (TPSA) is 46.6 Å². The fraction of sp³-hybridized carbons (Fsp3) is 0.222. The molecule has 1 aliphatic heterocycles. The first kappa shape index (κ1) is 16.1. The summed E-state index contributed by atoms with van der Waals surface area (Å²) in [6, 6.07) is 12.3. The van der Waals surface area contributed by atoms with Crippen LogP contribution in [0.25, 0.3) is 0 Å². The van der Waals surface area contributed by atoms with Crippen LogP contribution in [-0.4, -0.2) is 29.5 Å². The van der Waals surface area contributed by atoms with Gasteiger partial charge in [-0.2, -0.15) is 0 Å². The Balaban J connectivity index is 1.73. The Morgan fingerprint density at radius 1 is 1.08 bits per heavy atom. The lowest BCUT2D eigenvalue weighted by atomic mass is 10.0. The number of nitrogens with zero attached hydrogens (tertiary/aromatic N) is 1. The van der Waals surface area contributed by atoms with E-state index in [1.54, 1.807) is 0 Å². The smallest absolute Gasteiger partial charge is 0.416 e.